The maximum Gasteiger partial charge on any atom is 0.326 e. The first-order chi connectivity index (χ1) is 19.0. The number of phenolic OH excluding ortho intramolecular Hbond substituents is 1. The first-order valence-electron chi connectivity index (χ1n) is 13.7. The number of aromatic hydroxyl groups is 1. The van der Waals surface area contributed by atoms with Gasteiger partial charge in [-0.2, -0.15) is 0 Å². The molecule has 0 spiro atoms. The maximum atomic E-state index is 13.5. The molecule has 6 unspecified atom stereocenters. The zero-order valence-corrected chi connectivity index (χ0v) is 23.6. The molecule has 10 heteroatoms. The molecule has 218 valence electrons. The number of nitrogens with one attached hydrogen (secondary N) is 3. The summed E-state index contributed by atoms with van der Waals surface area (Å²) in [6.07, 6.45) is 1.42. The van der Waals surface area contributed by atoms with Gasteiger partial charge in [0.15, 0.2) is 0 Å². The summed E-state index contributed by atoms with van der Waals surface area (Å²) in [6.45, 7) is 7.24. The van der Waals surface area contributed by atoms with Crippen LogP contribution in [0.15, 0.2) is 54.6 Å². The molecule has 3 amide bonds. The SMILES string of the molecule is CCC(C)C(NC(=O)C(Cc1ccc(O)cc1)NC(=O)C(NC(=O)C(N)Cc1ccccc1)C(C)CC)C(=O)O. The van der Waals surface area contributed by atoms with Gasteiger partial charge in [-0.3, -0.25) is 14.4 Å². The fraction of sp³-hybridized carbons (Fsp3) is 0.467. The van der Waals surface area contributed by atoms with Crippen molar-refractivity contribution in [2.75, 3.05) is 0 Å². The zero-order chi connectivity index (χ0) is 29.8. The lowest BCUT2D eigenvalue weighted by atomic mass is 9.95. The summed E-state index contributed by atoms with van der Waals surface area (Å²) >= 11 is 0. The van der Waals surface area contributed by atoms with Gasteiger partial charge in [0.25, 0.3) is 0 Å². The second-order valence-electron chi connectivity index (χ2n) is 10.3. The molecule has 10 nitrogen and oxygen atoms in total. The van der Waals surface area contributed by atoms with Crippen molar-refractivity contribution in [3.63, 3.8) is 0 Å². The van der Waals surface area contributed by atoms with Crippen LogP contribution in [0.25, 0.3) is 0 Å². The molecule has 0 aliphatic heterocycles. The number of hydrogen-bond donors (Lipinski definition) is 6. The Hall–Kier alpha value is -3.92. The summed E-state index contributed by atoms with van der Waals surface area (Å²) in [7, 11) is 0. The Bertz CT molecular complexity index is 1120. The largest absolute Gasteiger partial charge is 0.508 e. The van der Waals surface area contributed by atoms with Crippen LogP contribution in [0.5, 0.6) is 5.75 Å². The Kier molecular flexibility index (Phi) is 12.6. The van der Waals surface area contributed by atoms with Gasteiger partial charge >= 0.3 is 5.97 Å². The number of amides is 3. The third kappa shape index (κ3) is 9.68. The zero-order valence-electron chi connectivity index (χ0n) is 23.6. The van der Waals surface area contributed by atoms with E-state index in [9.17, 15) is 29.4 Å². The normalized spacial score (nSPS) is 15.5. The van der Waals surface area contributed by atoms with Crippen molar-refractivity contribution in [2.24, 2.45) is 17.6 Å². The van der Waals surface area contributed by atoms with Crippen LogP contribution in [-0.2, 0) is 32.0 Å². The molecule has 0 saturated carbocycles. The summed E-state index contributed by atoms with van der Waals surface area (Å²) in [6, 6.07) is 11.3. The van der Waals surface area contributed by atoms with Crippen molar-refractivity contribution >= 4 is 23.7 Å². The second-order valence-corrected chi connectivity index (χ2v) is 10.3. The average molecular weight is 555 g/mol. The van der Waals surface area contributed by atoms with Crippen LogP contribution in [-0.4, -0.2) is 58.1 Å². The van der Waals surface area contributed by atoms with E-state index in [-0.39, 0.29) is 24.0 Å². The number of phenols is 1. The highest BCUT2D eigenvalue weighted by Crippen LogP contribution is 2.15. The minimum absolute atomic E-state index is 0.0411. The molecular weight excluding hydrogens is 512 g/mol. The van der Waals surface area contributed by atoms with E-state index in [0.29, 0.717) is 24.8 Å². The third-order valence-corrected chi connectivity index (χ3v) is 7.21. The molecule has 2 aromatic rings. The van der Waals surface area contributed by atoms with E-state index in [0.717, 1.165) is 5.56 Å². The summed E-state index contributed by atoms with van der Waals surface area (Å²) in [5, 5.41) is 27.3. The van der Waals surface area contributed by atoms with Crippen LogP contribution in [0.4, 0.5) is 0 Å². The molecule has 0 bridgehead atoms. The third-order valence-electron chi connectivity index (χ3n) is 7.21. The molecule has 7 N–H and O–H groups in total. The van der Waals surface area contributed by atoms with Gasteiger partial charge in [0.05, 0.1) is 6.04 Å². The molecule has 2 aromatic carbocycles. The van der Waals surface area contributed by atoms with Gasteiger partial charge in [0, 0.05) is 6.42 Å². The number of carboxylic acid groups (broad SMARTS) is 1. The van der Waals surface area contributed by atoms with Crippen LogP contribution >= 0.6 is 0 Å². The summed E-state index contributed by atoms with van der Waals surface area (Å²) in [4.78, 5) is 51.7. The Morgan fingerprint density at radius 1 is 0.725 bits per heavy atom. The Morgan fingerprint density at radius 2 is 1.25 bits per heavy atom. The van der Waals surface area contributed by atoms with E-state index in [1.807, 2.05) is 51.1 Å². The van der Waals surface area contributed by atoms with E-state index in [4.69, 9.17) is 5.73 Å². The highest BCUT2D eigenvalue weighted by molar-refractivity contribution is 5.94. The number of carboxylic acids is 1. The van der Waals surface area contributed by atoms with Crippen molar-refractivity contribution in [3.8, 4) is 5.75 Å². The smallest absolute Gasteiger partial charge is 0.326 e. The van der Waals surface area contributed by atoms with Crippen LogP contribution in [0.1, 0.15) is 51.7 Å². The molecule has 0 radical (unpaired) electrons. The van der Waals surface area contributed by atoms with Gasteiger partial charge in [0.2, 0.25) is 17.7 Å². The first-order valence-corrected chi connectivity index (χ1v) is 13.7. The van der Waals surface area contributed by atoms with E-state index in [2.05, 4.69) is 16.0 Å². The van der Waals surface area contributed by atoms with Crippen LogP contribution < -0.4 is 21.7 Å². The molecule has 0 aliphatic rings. The van der Waals surface area contributed by atoms with Crippen molar-refractivity contribution < 1.29 is 29.4 Å². The van der Waals surface area contributed by atoms with Gasteiger partial charge in [-0.1, -0.05) is 83.0 Å². The van der Waals surface area contributed by atoms with Gasteiger partial charge in [-0.05, 0) is 41.5 Å². The number of hydrogen-bond acceptors (Lipinski definition) is 6. The fourth-order valence-corrected chi connectivity index (χ4v) is 4.20. The van der Waals surface area contributed by atoms with E-state index < -0.39 is 47.9 Å². The predicted molar refractivity (Wildman–Crippen MR) is 152 cm³/mol. The fourth-order valence-electron chi connectivity index (χ4n) is 4.20. The Morgan fingerprint density at radius 3 is 1.80 bits per heavy atom. The molecule has 0 saturated heterocycles. The minimum atomic E-state index is -1.17. The summed E-state index contributed by atoms with van der Waals surface area (Å²) in [5.41, 5.74) is 7.67. The topological polar surface area (TPSA) is 171 Å². The molecule has 2 rings (SSSR count). The lowest BCUT2D eigenvalue weighted by Gasteiger charge is -2.28. The predicted octanol–water partition coefficient (Wildman–Crippen LogP) is 2.14. The maximum absolute atomic E-state index is 13.5. The molecule has 40 heavy (non-hydrogen) atoms. The van der Waals surface area contributed by atoms with Crippen LogP contribution in [0.3, 0.4) is 0 Å². The van der Waals surface area contributed by atoms with Crippen molar-refractivity contribution in [3.05, 3.63) is 65.7 Å². The standard InChI is InChI=1S/C30H42N4O6/c1-5-18(3)25(33-27(36)23(31)16-20-10-8-7-9-11-20)29(38)32-24(17-21-12-14-22(35)15-13-21)28(37)34-26(30(39)40)19(4)6-2/h7-15,18-19,23-26,35H,5-6,16-17,31H2,1-4H3,(H,32,38)(H,33,36)(H,34,37)(H,39,40). The average Bonchev–Trinajstić information content (AvgIpc) is 2.94. The van der Waals surface area contributed by atoms with E-state index >= 15 is 0 Å². The van der Waals surface area contributed by atoms with Crippen LogP contribution in [0, 0.1) is 11.8 Å². The Balaban J connectivity index is 2.25. The lowest BCUT2D eigenvalue weighted by molar-refractivity contribution is -0.143. The van der Waals surface area contributed by atoms with Gasteiger partial charge in [-0.15, -0.1) is 0 Å². The molecular formula is C30H42N4O6. The number of benzene rings is 2. The van der Waals surface area contributed by atoms with Gasteiger partial charge in [0.1, 0.15) is 23.9 Å². The molecule has 0 aromatic heterocycles. The molecule has 0 fully saturated rings. The summed E-state index contributed by atoms with van der Waals surface area (Å²) in [5.74, 6) is -3.49. The first kappa shape index (κ1) is 32.3. The van der Waals surface area contributed by atoms with Crippen molar-refractivity contribution in [1.82, 2.24) is 16.0 Å². The molecule has 6 atom stereocenters. The monoisotopic (exact) mass is 554 g/mol. The molecule has 0 aliphatic carbocycles. The van der Waals surface area contributed by atoms with Gasteiger partial charge < -0.3 is 31.9 Å². The van der Waals surface area contributed by atoms with Gasteiger partial charge in [-0.25, -0.2) is 4.79 Å². The van der Waals surface area contributed by atoms with Crippen molar-refractivity contribution in [2.45, 2.75) is 77.5 Å². The van der Waals surface area contributed by atoms with Crippen molar-refractivity contribution in [1.29, 1.82) is 0 Å². The van der Waals surface area contributed by atoms with E-state index in [1.54, 1.807) is 19.1 Å². The van der Waals surface area contributed by atoms with Crippen LogP contribution in [0.2, 0.25) is 0 Å². The summed E-state index contributed by atoms with van der Waals surface area (Å²) < 4.78 is 0. The Labute approximate surface area is 235 Å². The number of carbonyl (C=O) groups excluding carboxylic acids is 3. The lowest BCUT2D eigenvalue weighted by Crippen LogP contribution is -2.59. The second kappa shape index (κ2) is 15.6. The highest BCUT2D eigenvalue weighted by atomic mass is 16.4. The minimum Gasteiger partial charge on any atom is -0.508 e. The quantitative estimate of drug-likeness (QED) is 0.196. The number of aliphatic carboxylic acids is 1. The number of rotatable bonds is 15. The number of nitrogens with two attached hydrogens (primary N) is 1. The highest BCUT2D eigenvalue weighted by Gasteiger charge is 2.33. The number of carbonyl (C=O) groups is 4. The van der Waals surface area contributed by atoms with E-state index in [1.165, 1.54) is 12.1 Å². The molecule has 0 heterocycles.